The fraction of sp³-hybridized carbons (Fsp3) is 0.478. The normalized spacial score (nSPS) is 25.6. The van der Waals surface area contributed by atoms with Gasteiger partial charge in [0.25, 0.3) is 0 Å². The first-order valence-corrected chi connectivity index (χ1v) is 13.3. The summed E-state index contributed by atoms with van der Waals surface area (Å²) >= 11 is 0. The molecule has 1 fully saturated rings. The highest BCUT2D eigenvalue weighted by Gasteiger charge is 2.56. The SMILES string of the molecule is CNc1nc(C)nc2c1ncn2[C@@H]1O[C@H](COP(=O)(N[C@H](C)C(=O)OC)Oc2ccccc2)[C@@H](O)[C@@]1(C)F. The molecule has 0 saturated carbocycles. The molecule has 0 radical (unpaired) electrons. The zero-order valence-electron chi connectivity index (χ0n) is 21.5. The molecule has 6 atom stereocenters. The number of alkyl halides is 1. The lowest BCUT2D eigenvalue weighted by Crippen LogP contribution is -2.41. The third-order valence-corrected chi connectivity index (χ3v) is 7.67. The van der Waals surface area contributed by atoms with Crippen molar-refractivity contribution in [2.75, 3.05) is 26.1 Å². The maximum Gasteiger partial charge on any atom is 0.459 e. The fourth-order valence-corrected chi connectivity index (χ4v) is 5.57. The van der Waals surface area contributed by atoms with E-state index in [0.717, 1.165) is 0 Å². The van der Waals surface area contributed by atoms with Crippen LogP contribution in [0.5, 0.6) is 5.75 Å². The molecule has 3 heterocycles. The Hall–Kier alpha value is -3.16. The molecule has 1 saturated heterocycles. The molecule has 15 heteroatoms. The number of nitrogens with zero attached hydrogens (tertiary/aromatic N) is 4. The average Bonchev–Trinajstić information content (AvgIpc) is 3.39. The lowest BCUT2D eigenvalue weighted by molar-refractivity contribution is -0.142. The number of benzene rings is 1. The quantitative estimate of drug-likeness (QED) is 0.250. The molecule has 13 nitrogen and oxygen atoms in total. The highest BCUT2D eigenvalue weighted by Crippen LogP contribution is 2.48. The van der Waals surface area contributed by atoms with E-state index in [-0.39, 0.29) is 5.75 Å². The van der Waals surface area contributed by atoms with Crippen molar-refractivity contribution in [1.29, 1.82) is 0 Å². The summed E-state index contributed by atoms with van der Waals surface area (Å²) in [6, 6.07) is 7.08. The second kappa shape index (κ2) is 10.9. The number of aromatic nitrogens is 4. The fourth-order valence-electron chi connectivity index (χ4n) is 4.07. The van der Waals surface area contributed by atoms with Crippen molar-refractivity contribution in [2.24, 2.45) is 0 Å². The van der Waals surface area contributed by atoms with Crippen LogP contribution in [0.4, 0.5) is 10.2 Å². The molecule has 38 heavy (non-hydrogen) atoms. The lowest BCUT2D eigenvalue weighted by Gasteiger charge is -2.25. The Bertz CT molecular complexity index is 1340. The number of rotatable bonds is 10. The molecule has 1 aliphatic heterocycles. The van der Waals surface area contributed by atoms with Crippen LogP contribution in [0, 0.1) is 6.92 Å². The van der Waals surface area contributed by atoms with Gasteiger partial charge in [0.15, 0.2) is 28.9 Å². The number of imidazole rings is 1. The van der Waals surface area contributed by atoms with Gasteiger partial charge in [-0.05, 0) is 32.9 Å². The van der Waals surface area contributed by atoms with Gasteiger partial charge in [0.05, 0.1) is 20.0 Å². The maximum absolute atomic E-state index is 15.9. The molecule has 3 N–H and O–H groups in total. The van der Waals surface area contributed by atoms with Crippen molar-refractivity contribution in [2.45, 2.75) is 50.9 Å². The minimum Gasteiger partial charge on any atom is -0.468 e. The van der Waals surface area contributed by atoms with E-state index in [4.69, 9.17) is 13.8 Å². The van der Waals surface area contributed by atoms with Crippen LogP contribution in [0.2, 0.25) is 0 Å². The predicted octanol–water partition coefficient (Wildman–Crippen LogP) is 2.52. The first-order valence-electron chi connectivity index (χ1n) is 11.7. The van der Waals surface area contributed by atoms with E-state index in [1.54, 1.807) is 44.3 Å². The van der Waals surface area contributed by atoms with Crippen molar-refractivity contribution in [1.82, 2.24) is 24.6 Å². The van der Waals surface area contributed by atoms with Gasteiger partial charge < -0.3 is 24.4 Å². The summed E-state index contributed by atoms with van der Waals surface area (Å²) in [6.07, 6.45) is -2.94. The summed E-state index contributed by atoms with van der Waals surface area (Å²) in [7, 11) is -1.38. The molecule has 1 aliphatic rings. The van der Waals surface area contributed by atoms with Gasteiger partial charge in [0.2, 0.25) is 0 Å². The average molecular weight is 553 g/mol. The molecule has 3 aromatic rings. The van der Waals surface area contributed by atoms with Crippen molar-refractivity contribution in [3.05, 3.63) is 42.5 Å². The van der Waals surface area contributed by atoms with Gasteiger partial charge in [-0.15, -0.1) is 0 Å². The summed E-state index contributed by atoms with van der Waals surface area (Å²) in [4.78, 5) is 24.9. The van der Waals surface area contributed by atoms with Gasteiger partial charge >= 0.3 is 13.7 Å². The molecule has 0 aliphatic carbocycles. The number of nitrogens with one attached hydrogen (secondary N) is 2. The predicted molar refractivity (Wildman–Crippen MR) is 134 cm³/mol. The minimum atomic E-state index is -4.23. The number of methoxy groups -OCH3 is 1. The summed E-state index contributed by atoms with van der Waals surface area (Å²) in [6.45, 7) is 3.74. The van der Waals surface area contributed by atoms with Crippen LogP contribution in [-0.2, 0) is 23.4 Å². The van der Waals surface area contributed by atoms with Crippen molar-refractivity contribution < 1.29 is 37.4 Å². The molecule has 0 bridgehead atoms. The van der Waals surface area contributed by atoms with E-state index >= 15 is 4.39 Å². The van der Waals surface area contributed by atoms with Crippen LogP contribution in [0.3, 0.4) is 0 Å². The van der Waals surface area contributed by atoms with Crippen molar-refractivity contribution >= 4 is 30.7 Å². The molecule has 0 amide bonds. The largest absolute Gasteiger partial charge is 0.468 e. The summed E-state index contributed by atoms with van der Waals surface area (Å²) < 4.78 is 52.5. The van der Waals surface area contributed by atoms with Crippen LogP contribution in [-0.4, -0.2) is 75.3 Å². The van der Waals surface area contributed by atoms with Crippen LogP contribution in [0.25, 0.3) is 11.2 Å². The molecule has 1 aromatic carbocycles. The Morgan fingerprint density at radius 3 is 2.71 bits per heavy atom. The number of esters is 1. The van der Waals surface area contributed by atoms with E-state index < -0.39 is 50.5 Å². The van der Waals surface area contributed by atoms with Gasteiger partial charge in [0.1, 0.15) is 29.8 Å². The zero-order valence-corrected chi connectivity index (χ0v) is 22.4. The number of halogens is 1. The number of ether oxygens (including phenoxy) is 2. The number of fused-ring (bicyclic) bond motifs is 1. The number of anilines is 1. The Labute approximate surface area is 218 Å². The Balaban J connectivity index is 1.57. The van der Waals surface area contributed by atoms with Crippen LogP contribution >= 0.6 is 7.75 Å². The van der Waals surface area contributed by atoms with Gasteiger partial charge in [-0.25, -0.2) is 23.9 Å². The molecule has 1 unspecified atom stereocenters. The second-order valence-electron chi connectivity index (χ2n) is 8.89. The number of carbonyl (C=O) groups excluding carboxylic acids is 1. The maximum atomic E-state index is 15.9. The van der Waals surface area contributed by atoms with E-state index in [9.17, 15) is 14.5 Å². The topological polar surface area (TPSA) is 159 Å². The van der Waals surface area contributed by atoms with E-state index in [2.05, 4.69) is 30.1 Å². The summed E-state index contributed by atoms with van der Waals surface area (Å²) in [5, 5.41) is 16.2. The number of aliphatic hydroxyl groups is 1. The van der Waals surface area contributed by atoms with Crippen molar-refractivity contribution in [3.8, 4) is 5.75 Å². The monoisotopic (exact) mass is 552 g/mol. The molecular weight excluding hydrogens is 522 g/mol. The number of hydrogen-bond donors (Lipinski definition) is 3. The Kier molecular flexibility index (Phi) is 8.00. The van der Waals surface area contributed by atoms with Gasteiger partial charge in [-0.1, -0.05) is 18.2 Å². The lowest BCUT2D eigenvalue weighted by atomic mass is 9.98. The van der Waals surface area contributed by atoms with Crippen LogP contribution in [0.15, 0.2) is 36.7 Å². The third-order valence-electron chi connectivity index (χ3n) is 6.02. The van der Waals surface area contributed by atoms with Crippen LogP contribution in [0.1, 0.15) is 25.9 Å². The van der Waals surface area contributed by atoms with Crippen molar-refractivity contribution in [3.63, 3.8) is 0 Å². The van der Waals surface area contributed by atoms with E-state index in [1.165, 1.54) is 31.9 Å². The minimum absolute atomic E-state index is 0.196. The highest BCUT2D eigenvalue weighted by atomic mass is 31.2. The number of hydrogen-bond acceptors (Lipinski definition) is 11. The molecule has 206 valence electrons. The molecule has 2 aromatic heterocycles. The van der Waals surface area contributed by atoms with E-state index in [1.807, 2.05) is 0 Å². The molecule has 4 rings (SSSR count). The second-order valence-corrected chi connectivity index (χ2v) is 10.6. The van der Waals surface area contributed by atoms with Gasteiger partial charge in [0, 0.05) is 7.05 Å². The number of aliphatic hydroxyl groups excluding tert-OH is 1. The van der Waals surface area contributed by atoms with E-state index in [0.29, 0.717) is 22.8 Å². The highest BCUT2D eigenvalue weighted by molar-refractivity contribution is 7.52. The van der Waals surface area contributed by atoms with Gasteiger partial charge in [-0.2, -0.15) is 5.09 Å². The third kappa shape index (κ3) is 5.49. The standard InChI is InChI=1S/C23H30FN6O7P/c1-13(21(32)34-5)29-38(33,37-15-9-7-6-8-10-15)35-11-16-18(31)23(3,24)22(36-16)30-12-26-17-19(25-4)27-14(2)28-20(17)30/h6-10,12-13,16,18,22,31H,11H2,1-5H3,(H,29,33)(H,25,27,28)/t13-,16-,18-,22-,23-,38?/m1/s1. The summed E-state index contributed by atoms with van der Waals surface area (Å²) in [5.74, 6) is 0.369. The van der Waals surface area contributed by atoms with Crippen LogP contribution < -0.4 is 14.9 Å². The number of para-hydroxylation sites is 1. The first-order chi connectivity index (χ1) is 18.0. The Morgan fingerprint density at radius 1 is 1.34 bits per heavy atom. The molecular formula is C23H30FN6O7P. The number of aryl methyl sites for hydroxylation is 1. The zero-order chi connectivity index (χ0) is 27.7. The summed E-state index contributed by atoms with van der Waals surface area (Å²) in [5.41, 5.74) is -1.61. The number of carbonyl (C=O) groups is 1. The van der Waals surface area contributed by atoms with Gasteiger partial charge in [-0.3, -0.25) is 13.9 Å². The smallest absolute Gasteiger partial charge is 0.459 e. The Morgan fingerprint density at radius 2 is 2.05 bits per heavy atom. The molecule has 0 spiro atoms. The first kappa shape index (κ1) is 27.9.